The summed E-state index contributed by atoms with van der Waals surface area (Å²) in [7, 11) is -0.359. The maximum Gasteiger partial charge on any atom is 0.241 e. The lowest BCUT2D eigenvalue weighted by Gasteiger charge is -2.17. The van der Waals surface area contributed by atoms with Crippen LogP contribution in [0.3, 0.4) is 0 Å². The average molecular weight is 396 g/mol. The third-order valence-electron chi connectivity index (χ3n) is 4.68. The van der Waals surface area contributed by atoms with Gasteiger partial charge in [0.2, 0.25) is 10.0 Å². The Labute approximate surface area is 162 Å². The molecule has 7 nitrogen and oxygen atoms in total. The molecule has 0 saturated carbocycles. The highest BCUT2D eigenvalue weighted by Crippen LogP contribution is 2.22. The summed E-state index contributed by atoms with van der Waals surface area (Å²) in [5, 5.41) is 8.98. The molecular weight excluding hydrogens is 366 g/mol. The molecule has 1 aromatic rings. The minimum atomic E-state index is -3.65. The summed E-state index contributed by atoms with van der Waals surface area (Å²) in [6.45, 7) is 2.23. The van der Waals surface area contributed by atoms with Crippen LogP contribution in [0.15, 0.2) is 23.1 Å². The second-order valence-corrected chi connectivity index (χ2v) is 8.47. The molecule has 8 heteroatoms. The molecule has 0 spiro atoms. The number of nitrogens with one attached hydrogen (secondary N) is 1. The summed E-state index contributed by atoms with van der Waals surface area (Å²) in [5.74, 6) is 0. The zero-order valence-electron chi connectivity index (χ0n) is 16.1. The van der Waals surface area contributed by atoms with Crippen LogP contribution in [0.25, 0.3) is 0 Å². The zero-order valence-corrected chi connectivity index (χ0v) is 16.9. The number of hydrogen-bond acceptors (Lipinski definition) is 6. The van der Waals surface area contributed by atoms with Gasteiger partial charge in [-0.3, -0.25) is 0 Å². The summed E-state index contributed by atoms with van der Waals surface area (Å²) in [4.78, 5) is 1.91. The van der Waals surface area contributed by atoms with Gasteiger partial charge in [0.1, 0.15) is 0 Å². The van der Waals surface area contributed by atoms with Gasteiger partial charge < -0.3 is 14.4 Å². The predicted octanol–water partition coefficient (Wildman–Crippen LogP) is 1.68. The fourth-order valence-electron chi connectivity index (χ4n) is 3.27. The Morgan fingerprint density at radius 3 is 2.56 bits per heavy atom. The number of likely N-dealkylation sites (tertiary alicyclic amines) is 1. The number of nitriles is 1. The number of methoxy groups -OCH3 is 2. The number of sulfonamides is 1. The fourth-order valence-corrected chi connectivity index (χ4v) is 4.85. The van der Waals surface area contributed by atoms with Crippen LogP contribution in [0.4, 0.5) is 0 Å². The first kappa shape index (κ1) is 21.6. The molecule has 0 amide bonds. The van der Waals surface area contributed by atoms with Gasteiger partial charge in [-0.05, 0) is 49.3 Å². The Hall–Kier alpha value is -1.66. The zero-order chi connectivity index (χ0) is 19.7. The van der Waals surface area contributed by atoms with Gasteiger partial charge in [-0.1, -0.05) is 12.1 Å². The average Bonchev–Trinajstić information content (AvgIpc) is 3.10. The smallest absolute Gasteiger partial charge is 0.241 e. The standard InChI is InChI=1S/C19H29N3O4S/c1-25-11-3-5-16-7-8-17(6-4-12-26-2)19(13-16)27(23,24)21-18-9-10-22(14-18)15-20/h7-8,13,18,21H,3-6,9-12,14H2,1-2H3. The normalized spacial score (nSPS) is 17.2. The van der Waals surface area contributed by atoms with E-state index >= 15 is 0 Å². The van der Waals surface area contributed by atoms with Crippen LogP contribution in [-0.4, -0.2) is 59.9 Å². The van der Waals surface area contributed by atoms with Crippen molar-refractivity contribution in [1.29, 1.82) is 5.26 Å². The molecule has 2 rings (SSSR count). The molecule has 1 heterocycles. The topological polar surface area (TPSA) is 91.7 Å². The van der Waals surface area contributed by atoms with E-state index in [1.165, 1.54) is 0 Å². The SMILES string of the molecule is COCCCc1ccc(CCCOC)c(S(=O)(=O)NC2CCN(C#N)C2)c1. The molecule has 0 radical (unpaired) electrons. The molecule has 1 saturated heterocycles. The summed E-state index contributed by atoms with van der Waals surface area (Å²) in [6.07, 6.45) is 5.71. The van der Waals surface area contributed by atoms with Gasteiger partial charge in [0.15, 0.2) is 6.19 Å². The van der Waals surface area contributed by atoms with Gasteiger partial charge in [0.25, 0.3) is 0 Å². The highest BCUT2D eigenvalue weighted by molar-refractivity contribution is 7.89. The predicted molar refractivity (Wildman–Crippen MR) is 103 cm³/mol. The van der Waals surface area contributed by atoms with Crippen molar-refractivity contribution in [2.45, 2.75) is 43.0 Å². The number of benzene rings is 1. The van der Waals surface area contributed by atoms with E-state index in [0.29, 0.717) is 44.0 Å². The van der Waals surface area contributed by atoms with Gasteiger partial charge in [0, 0.05) is 46.6 Å². The number of nitrogens with zero attached hydrogens (tertiary/aromatic N) is 2. The molecular formula is C19H29N3O4S. The van der Waals surface area contributed by atoms with E-state index in [2.05, 4.69) is 10.9 Å². The molecule has 1 unspecified atom stereocenters. The molecule has 1 aromatic carbocycles. The van der Waals surface area contributed by atoms with Crippen molar-refractivity contribution in [1.82, 2.24) is 9.62 Å². The van der Waals surface area contributed by atoms with Crippen molar-refractivity contribution in [3.63, 3.8) is 0 Å². The van der Waals surface area contributed by atoms with Gasteiger partial charge in [0.05, 0.1) is 4.90 Å². The molecule has 1 aliphatic heterocycles. The highest BCUT2D eigenvalue weighted by Gasteiger charge is 2.28. The van der Waals surface area contributed by atoms with E-state index in [0.717, 1.165) is 30.4 Å². The highest BCUT2D eigenvalue weighted by atomic mass is 32.2. The molecule has 27 heavy (non-hydrogen) atoms. The Morgan fingerprint density at radius 1 is 1.22 bits per heavy atom. The first-order valence-corrected chi connectivity index (χ1v) is 10.7. The minimum Gasteiger partial charge on any atom is -0.385 e. The van der Waals surface area contributed by atoms with Crippen LogP contribution in [-0.2, 0) is 32.3 Å². The lowest BCUT2D eigenvalue weighted by molar-refractivity contribution is 0.195. The Bertz CT molecular complexity index is 746. The maximum absolute atomic E-state index is 13.1. The second-order valence-electron chi connectivity index (χ2n) is 6.79. The maximum atomic E-state index is 13.1. The van der Waals surface area contributed by atoms with Crippen molar-refractivity contribution in [3.05, 3.63) is 29.3 Å². The fraction of sp³-hybridized carbons (Fsp3) is 0.632. The van der Waals surface area contributed by atoms with Crippen molar-refractivity contribution in [3.8, 4) is 6.19 Å². The lowest BCUT2D eigenvalue weighted by Crippen LogP contribution is -2.36. The molecule has 0 bridgehead atoms. The van der Waals surface area contributed by atoms with Crippen LogP contribution in [0.2, 0.25) is 0 Å². The number of hydrogen-bond donors (Lipinski definition) is 1. The Kier molecular flexibility index (Phi) is 8.51. The van der Waals surface area contributed by atoms with Crippen molar-refractivity contribution in [2.24, 2.45) is 0 Å². The number of rotatable bonds is 11. The molecule has 1 aliphatic rings. The largest absolute Gasteiger partial charge is 0.385 e. The van der Waals surface area contributed by atoms with E-state index in [4.69, 9.17) is 14.7 Å². The Balaban J connectivity index is 2.20. The van der Waals surface area contributed by atoms with E-state index in [-0.39, 0.29) is 6.04 Å². The lowest BCUT2D eigenvalue weighted by atomic mass is 10.0. The first-order chi connectivity index (χ1) is 13.0. The Morgan fingerprint density at radius 2 is 1.93 bits per heavy atom. The van der Waals surface area contributed by atoms with Crippen LogP contribution >= 0.6 is 0 Å². The summed E-state index contributed by atoms with van der Waals surface area (Å²) in [5.41, 5.74) is 1.78. The molecule has 1 fully saturated rings. The summed E-state index contributed by atoms with van der Waals surface area (Å²) in [6, 6.07) is 5.43. The summed E-state index contributed by atoms with van der Waals surface area (Å²) < 4.78 is 39.1. The quantitative estimate of drug-likeness (QED) is 0.453. The van der Waals surface area contributed by atoms with E-state index < -0.39 is 10.0 Å². The molecule has 150 valence electrons. The molecule has 0 aromatic heterocycles. The van der Waals surface area contributed by atoms with Gasteiger partial charge in [-0.2, -0.15) is 5.26 Å². The molecule has 1 N–H and O–H groups in total. The third-order valence-corrected chi connectivity index (χ3v) is 6.28. The first-order valence-electron chi connectivity index (χ1n) is 9.27. The van der Waals surface area contributed by atoms with E-state index in [1.54, 1.807) is 25.2 Å². The van der Waals surface area contributed by atoms with Gasteiger partial charge >= 0.3 is 0 Å². The van der Waals surface area contributed by atoms with E-state index in [9.17, 15) is 8.42 Å². The second kappa shape index (κ2) is 10.6. The van der Waals surface area contributed by atoms with Gasteiger partial charge in [-0.15, -0.1) is 0 Å². The van der Waals surface area contributed by atoms with Crippen molar-refractivity contribution >= 4 is 10.0 Å². The number of ether oxygens (including phenoxy) is 2. The van der Waals surface area contributed by atoms with Gasteiger partial charge in [-0.25, -0.2) is 13.1 Å². The van der Waals surface area contributed by atoms with Crippen molar-refractivity contribution < 1.29 is 17.9 Å². The van der Waals surface area contributed by atoms with E-state index in [1.807, 2.05) is 12.1 Å². The summed E-state index contributed by atoms with van der Waals surface area (Å²) >= 11 is 0. The van der Waals surface area contributed by atoms with Crippen LogP contribution in [0, 0.1) is 11.5 Å². The third kappa shape index (κ3) is 6.47. The monoisotopic (exact) mass is 395 g/mol. The molecule has 0 aliphatic carbocycles. The van der Waals surface area contributed by atoms with Crippen molar-refractivity contribution in [2.75, 3.05) is 40.5 Å². The number of aryl methyl sites for hydroxylation is 2. The molecule has 1 atom stereocenters. The minimum absolute atomic E-state index is 0.237. The van der Waals surface area contributed by atoms with Crippen LogP contribution in [0.1, 0.15) is 30.4 Å². The van der Waals surface area contributed by atoms with Crippen LogP contribution in [0.5, 0.6) is 0 Å². The van der Waals surface area contributed by atoms with Crippen LogP contribution < -0.4 is 4.72 Å².